The molecule has 0 amide bonds. The third kappa shape index (κ3) is 3.11. The second-order valence-corrected chi connectivity index (χ2v) is 4.32. The van der Waals surface area contributed by atoms with Gasteiger partial charge in [0.25, 0.3) is 0 Å². The molecule has 0 aliphatic rings. The van der Waals surface area contributed by atoms with Crippen LogP contribution in [0.3, 0.4) is 0 Å². The number of halogens is 1. The van der Waals surface area contributed by atoms with Crippen molar-refractivity contribution >= 4 is 17.3 Å². The summed E-state index contributed by atoms with van der Waals surface area (Å²) in [5, 5.41) is 0.571. The Morgan fingerprint density at radius 3 is 2.89 bits per heavy atom. The Labute approximate surface area is 111 Å². The third-order valence-electron chi connectivity index (χ3n) is 2.39. The van der Waals surface area contributed by atoms with Gasteiger partial charge in [0.15, 0.2) is 5.75 Å². The van der Waals surface area contributed by atoms with Crippen molar-refractivity contribution in [3.8, 4) is 11.6 Å². The SMILES string of the molecule is CCCc1cc(Oc2cc(Cl)ccc2N)ncn1. The minimum absolute atomic E-state index is 0.474. The lowest BCUT2D eigenvalue weighted by Gasteiger charge is -2.08. The topological polar surface area (TPSA) is 61.0 Å². The van der Waals surface area contributed by atoms with E-state index in [9.17, 15) is 0 Å². The van der Waals surface area contributed by atoms with E-state index in [4.69, 9.17) is 22.1 Å². The molecule has 0 radical (unpaired) electrons. The Kier molecular flexibility index (Phi) is 3.99. The largest absolute Gasteiger partial charge is 0.437 e. The molecular formula is C13H14ClN3O. The quantitative estimate of drug-likeness (QED) is 0.858. The molecule has 0 saturated heterocycles. The molecule has 0 aliphatic carbocycles. The number of aryl methyl sites for hydroxylation is 1. The summed E-state index contributed by atoms with van der Waals surface area (Å²) in [4.78, 5) is 8.22. The number of benzene rings is 1. The fourth-order valence-corrected chi connectivity index (χ4v) is 1.70. The highest BCUT2D eigenvalue weighted by molar-refractivity contribution is 6.30. The average Bonchev–Trinajstić information content (AvgIpc) is 2.35. The average molecular weight is 264 g/mol. The predicted molar refractivity (Wildman–Crippen MR) is 72.0 cm³/mol. The molecule has 0 atom stereocenters. The zero-order chi connectivity index (χ0) is 13.0. The maximum absolute atomic E-state index is 5.90. The molecule has 18 heavy (non-hydrogen) atoms. The van der Waals surface area contributed by atoms with Crippen LogP contribution < -0.4 is 10.5 Å². The van der Waals surface area contributed by atoms with Gasteiger partial charge in [0.2, 0.25) is 5.88 Å². The van der Waals surface area contributed by atoms with Crippen molar-refractivity contribution < 1.29 is 4.74 Å². The lowest BCUT2D eigenvalue weighted by atomic mass is 10.2. The van der Waals surface area contributed by atoms with Gasteiger partial charge in [-0.15, -0.1) is 0 Å². The summed E-state index contributed by atoms with van der Waals surface area (Å²) in [6.07, 6.45) is 3.40. The van der Waals surface area contributed by atoms with Gasteiger partial charge in [0.1, 0.15) is 6.33 Å². The number of aromatic nitrogens is 2. The van der Waals surface area contributed by atoms with Crippen molar-refractivity contribution in [2.75, 3.05) is 5.73 Å². The summed E-state index contributed by atoms with van der Waals surface area (Å²) in [5.74, 6) is 0.978. The maximum atomic E-state index is 5.90. The summed E-state index contributed by atoms with van der Waals surface area (Å²) in [5.41, 5.74) is 7.28. The van der Waals surface area contributed by atoms with Crippen LogP contribution in [0.25, 0.3) is 0 Å². The number of hydrogen-bond donors (Lipinski definition) is 1. The standard InChI is InChI=1S/C13H14ClN3O/c1-2-3-10-7-13(17-8-16-10)18-12-6-9(14)4-5-11(12)15/h4-8H,2-3,15H2,1H3. The van der Waals surface area contributed by atoms with Gasteiger partial charge in [-0.25, -0.2) is 9.97 Å². The molecule has 4 nitrogen and oxygen atoms in total. The van der Waals surface area contributed by atoms with E-state index >= 15 is 0 Å². The number of hydrogen-bond acceptors (Lipinski definition) is 4. The van der Waals surface area contributed by atoms with Gasteiger partial charge in [-0.2, -0.15) is 0 Å². The molecule has 2 rings (SSSR count). The number of nitrogens with two attached hydrogens (primary N) is 1. The van der Waals surface area contributed by atoms with Crippen LogP contribution in [0.1, 0.15) is 19.0 Å². The van der Waals surface area contributed by atoms with Crippen molar-refractivity contribution in [2.24, 2.45) is 0 Å². The van der Waals surface area contributed by atoms with Crippen LogP contribution in [-0.4, -0.2) is 9.97 Å². The summed E-state index contributed by atoms with van der Waals surface area (Å²) >= 11 is 5.90. The van der Waals surface area contributed by atoms with Crippen LogP contribution in [0.2, 0.25) is 5.02 Å². The molecule has 1 heterocycles. The number of ether oxygens (including phenoxy) is 1. The second-order valence-electron chi connectivity index (χ2n) is 3.88. The first-order chi connectivity index (χ1) is 8.69. The van der Waals surface area contributed by atoms with Crippen molar-refractivity contribution in [3.05, 3.63) is 41.3 Å². The molecule has 94 valence electrons. The van der Waals surface area contributed by atoms with Crippen LogP contribution >= 0.6 is 11.6 Å². The zero-order valence-corrected chi connectivity index (χ0v) is 10.8. The lowest BCUT2D eigenvalue weighted by molar-refractivity contribution is 0.462. The van der Waals surface area contributed by atoms with Crippen LogP contribution in [0, 0.1) is 0 Å². The Hall–Kier alpha value is -1.81. The van der Waals surface area contributed by atoms with Crippen LogP contribution in [0.5, 0.6) is 11.6 Å². The van der Waals surface area contributed by atoms with Crippen molar-refractivity contribution in [2.45, 2.75) is 19.8 Å². The summed E-state index contributed by atoms with van der Waals surface area (Å²) in [6.45, 7) is 2.09. The van der Waals surface area contributed by atoms with E-state index in [0.717, 1.165) is 18.5 Å². The van der Waals surface area contributed by atoms with Crippen molar-refractivity contribution in [1.82, 2.24) is 9.97 Å². The highest BCUT2D eigenvalue weighted by Gasteiger charge is 2.05. The van der Waals surface area contributed by atoms with E-state index < -0.39 is 0 Å². The summed E-state index contributed by atoms with van der Waals surface area (Å²) in [6, 6.07) is 6.89. The lowest BCUT2D eigenvalue weighted by Crippen LogP contribution is -1.96. The number of nitrogen functional groups attached to an aromatic ring is 1. The van der Waals surface area contributed by atoms with Crippen LogP contribution in [0.4, 0.5) is 5.69 Å². The molecule has 2 N–H and O–H groups in total. The third-order valence-corrected chi connectivity index (χ3v) is 2.63. The maximum Gasteiger partial charge on any atom is 0.222 e. The summed E-state index contributed by atoms with van der Waals surface area (Å²) < 4.78 is 5.62. The fraction of sp³-hybridized carbons (Fsp3) is 0.231. The van der Waals surface area contributed by atoms with Gasteiger partial charge < -0.3 is 10.5 Å². The van der Waals surface area contributed by atoms with E-state index in [1.165, 1.54) is 6.33 Å². The van der Waals surface area contributed by atoms with Gasteiger partial charge in [0, 0.05) is 22.8 Å². The fourth-order valence-electron chi connectivity index (χ4n) is 1.53. The van der Waals surface area contributed by atoms with E-state index in [1.54, 1.807) is 18.2 Å². The first kappa shape index (κ1) is 12.6. The van der Waals surface area contributed by atoms with Crippen LogP contribution in [-0.2, 0) is 6.42 Å². The Morgan fingerprint density at radius 2 is 2.11 bits per heavy atom. The number of anilines is 1. The Bertz CT molecular complexity index is 546. The van der Waals surface area contributed by atoms with E-state index in [0.29, 0.717) is 22.3 Å². The van der Waals surface area contributed by atoms with Crippen LogP contribution in [0.15, 0.2) is 30.6 Å². The molecule has 1 aromatic heterocycles. The molecule has 0 unspecified atom stereocenters. The van der Waals surface area contributed by atoms with Gasteiger partial charge in [-0.3, -0.25) is 0 Å². The molecular weight excluding hydrogens is 250 g/mol. The predicted octanol–water partition coefficient (Wildman–Crippen LogP) is 3.46. The number of nitrogens with zero attached hydrogens (tertiary/aromatic N) is 2. The molecule has 0 fully saturated rings. The van der Waals surface area contributed by atoms with Crippen molar-refractivity contribution in [3.63, 3.8) is 0 Å². The Balaban J connectivity index is 2.22. The molecule has 0 saturated carbocycles. The molecule has 0 bridgehead atoms. The molecule has 1 aromatic carbocycles. The van der Waals surface area contributed by atoms with E-state index in [2.05, 4.69) is 16.9 Å². The van der Waals surface area contributed by atoms with Gasteiger partial charge in [-0.1, -0.05) is 24.9 Å². The van der Waals surface area contributed by atoms with Crippen molar-refractivity contribution in [1.29, 1.82) is 0 Å². The highest BCUT2D eigenvalue weighted by atomic mass is 35.5. The van der Waals surface area contributed by atoms with Gasteiger partial charge in [-0.05, 0) is 18.6 Å². The monoisotopic (exact) mass is 263 g/mol. The molecule has 2 aromatic rings. The minimum atomic E-state index is 0.474. The van der Waals surface area contributed by atoms with E-state index in [1.807, 2.05) is 6.07 Å². The number of rotatable bonds is 4. The zero-order valence-electron chi connectivity index (χ0n) is 10.1. The minimum Gasteiger partial charge on any atom is -0.437 e. The smallest absolute Gasteiger partial charge is 0.222 e. The first-order valence-corrected chi connectivity index (χ1v) is 6.10. The van der Waals surface area contributed by atoms with Gasteiger partial charge >= 0.3 is 0 Å². The van der Waals surface area contributed by atoms with Gasteiger partial charge in [0.05, 0.1) is 5.69 Å². The normalized spacial score (nSPS) is 10.3. The molecule has 0 spiro atoms. The Morgan fingerprint density at radius 1 is 1.28 bits per heavy atom. The molecule has 5 heteroatoms. The second kappa shape index (κ2) is 5.69. The highest BCUT2D eigenvalue weighted by Crippen LogP contribution is 2.29. The molecule has 0 aliphatic heterocycles. The first-order valence-electron chi connectivity index (χ1n) is 5.73. The van der Waals surface area contributed by atoms with E-state index in [-0.39, 0.29) is 0 Å². The summed E-state index contributed by atoms with van der Waals surface area (Å²) in [7, 11) is 0.